The minimum atomic E-state index is -3.88. The van der Waals surface area contributed by atoms with Crippen LogP contribution < -0.4 is 10.0 Å². The first-order valence-corrected chi connectivity index (χ1v) is 15.6. The van der Waals surface area contributed by atoms with Gasteiger partial charge in [0.05, 0.1) is 22.7 Å². The van der Waals surface area contributed by atoms with Gasteiger partial charge in [0, 0.05) is 17.3 Å². The second kappa shape index (κ2) is 8.23. The highest BCUT2D eigenvalue weighted by molar-refractivity contribution is 7.92. The Bertz CT molecular complexity index is 1650. The molecule has 9 heteroatoms. The van der Waals surface area contributed by atoms with Crippen LogP contribution in [-0.2, 0) is 20.2 Å². The molecule has 1 aromatic heterocycles. The summed E-state index contributed by atoms with van der Waals surface area (Å²) in [5.41, 5.74) is 3.87. The second-order valence-electron chi connectivity index (χ2n) is 12.8. The van der Waals surface area contributed by atoms with Crippen LogP contribution in [0, 0.1) is 22.2 Å². The number of hydrogen-bond acceptors (Lipinski definition) is 6. The number of sulfonamides is 1. The number of aromatic nitrogens is 1. The number of esters is 1. The molecule has 0 radical (unpaired) electrons. The van der Waals surface area contributed by atoms with Crippen LogP contribution in [0.3, 0.4) is 0 Å². The van der Waals surface area contributed by atoms with Crippen molar-refractivity contribution in [2.75, 3.05) is 17.1 Å². The highest BCUT2D eigenvalue weighted by atomic mass is 35.5. The minimum Gasteiger partial charge on any atom is -0.465 e. The second-order valence-corrected chi connectivity index (χ2v) is 14.9. The zero-order chi connectivity index (χ0) is 28.1. The van der Waals surface area contributed by atoms with Gasteiger partial charge in [-0.15, -0.1) is 0 Å². The Morgan fingerprint density at radius 2 is 1.73 bits per heavy atom. The van der Waals surface area contributed by atoms with Crippen molar-refractivity contribution in [3.8, 4) is 0 Å². The van der Waals surface area contributed by atoms with E-state index in [0.717, 1.165) is 5.92 Å². The summed E-state index contributed by atoms with van der Waals surface area (Å²) in [5, 5.41) is 3.47. The smallest absolute Gasteiger partial charge is 0.341 e. The summed E-state index contributed by atoms with van der Waals surface area (Å²) in [6.07, 6.45) is 7.97. The summed E-state index contributed by atoms with van der Waals surface area (Å²) < 4.78 is 33.9. The number of hydrogen-bond donors (Lipinski definition) is 2. The van der Waals surface area contributed by atoms with E-state index >= 15 is 0 Å². The van der Waals surface area contributed by atoms with E-state index in [2.05, 4.69) is 34.9 Å². The van der Waals surface area contributed by atoms with Crippen molar-refractivity contribution in [1.82, 2.24) is 4.98 Å². The molecule has 7 rings (SSSR count). The quantitative estimate of drug-likeness (QED) is 0.296. The Morgan fingerprint density at radius 1 is 1.02 bits per heavy atom. The number of methoxy groups -OCH3 is 1. The number of rotatable bonds is 7. The molecule has 2 unspecified atom stereocenters. The van der Waals surface area contributed by atoms with Crippen molar-refractivity contribution in [3.05, 3.63) is 76.9 Å². The van der Waals surface area contributed by atoms with Gasteiger partial charge in [-0.3, -0.25) is 4.72 Å². The average Bonchev–Trinajstić information content (AvgIpc) is 3.34. The van der Waals surface area contributed by atoms with E-state index in [9.17, 15) is 13.2 Å². The van der Waals surface area contributed by atoms with Gasteiger partial charge >= 0.3 is 5.97 Å². The standard InChI is InChI=1S/C31H32ClN3O4S/c1-28-14-19-15-29(2)18-30(17-28,31(28,29)16-19)20-6-11-25(24(32)13-20)35-40(37,38)22-9-7-21(8-10-22)34-26-23(27(36)39-3)5-4-12-33-26/h4-13,19,35H,14-18H2,1-3H3,(H,33,34). The average molecular weight is 578 g/mol. The fourth-order valence-electron chi connectivity index (χ4n) is 9.96. The maximum atomic E-state index is 13.2. The molecule has 4 aliphatic rings. The van der Waals surface area contributed by atoms with E-state index in [1.165, 1.54) is 56.9 Å². The van der Waals surface area contributed by atoms with Crippen LogP contribution in [-0.4, -0.2) is 26.5 Å². The van der Waals surface area contributed by atoms with Crippen LogP contribution in [0.4, 0.5) is 17.2 Å². The number of anilines is 3. The number of pyridine rings is 1. The van der Waals surface area contributed by atoms with E-state index in [1.807, 2.05) is 12.1 Å². The third-order valence-electron chi connectivity index (χ3n) is 10.7. The molecule has 3 aromatic rings. The molecular weight excluding hydrogens is 546 g/mol. The molecule has 0 amide bonds. The van der Waals surface area contributed by atoms with Crippen molar-refractivity contribution in [2.45, 2.75) is 56.3 Å². The molecule has 2 N–H and O–H groups in total. The highest BCUT2D eigenvalue weighted by Crippen LogP contribution is 2.95. The molecular formula is C31H32ClN3O4S. The normalized spacial score (nSPS) is 33.0. The van der Waals surface area contributed by atoms with E-state index in [4.69, 9.17) is 16.3 Å². The van der Waals surface area contributed by atoms with Crippen molar-refractivity contribution in [2.24, 2.45) is 22.2 Å². The zero-order valence-electron chi connectivity index (χ0n) is 22.8. The molecule has 4 fully saturated rings. The highest BCUT2D eigenvalue weighted by Gasteiger charge is 2.89. The number of fused-ring (bicyclic) bond motifs is 1. The van der Waals surface area contributed by atoms with Gasteiger partial charge in [-0.1, -0.05) is 31.5 Å². The maximum Gasteiger partial charge on any atom is 0.341 e. The van der Waals surface area contributed by atoms with Crippen LogP contribution in [0.5, 0.6) is 0 Å². The fourth-order valence-corrected chi connectivity index (χ4v) is 11.3. The van der Waals surface area contributed by atoms with E-state index in [0.29, 0.717) is 38.5 Å². The summed E-state index contributed by atoms with van der Waals surface area (Å²) >= 11 is 6.72. The largest absolute Gasteiger partial charge is 0.465 e. The third kappa shape index (κ3) is 3.20. The number of nitrogens with one attached hydrogen (secondary N) is 2. The van der Waals surface area contributed by atoms with Crippen molar-refractivity contribution in [1.29, 1.82) is 0 Å². The molecule has 1 heterocycles. The van der Waals surface area contributed by atoms with E-state index in [1.54, 1.807) is 30.5 Å². The predicted octanol–water partition coefficient (Wildman–Crippen LogP) is 6.92. The Kier molecular flexibility index (Phi) is 5.32. The van der Waals surface area contributed by atoms with Gasteiger partial charge in [0.2, 0.25) is 0 Å². The molecule has 4 aliphatic carbocycles. The lowest BCUT2D eigenvalue weighted by Crippen LogP contribution is -2.79. The van der Waals surface area contributed by atoms with Crippen molar-refractivity contribution >= 4 is 44.8 Å². The molecule has 0 aliphatic heterocycles. The molecule has 0 saturated heterocycles. The van der Waals surface area contributed by atoms with Crippen molar-refractivity contribution < 1.29 is 17.9 Å². The lowest BCUT2D eigenvalue weighted by molar-refractivity contribution is -0.308. The number of halogens is 1. The Labute approximate surface area is 239 Å². The topological polar surface area (TPSA) is 97.4 Å². The van der Waals surface area contributed by atoms with Gasteiger partial charge in [0.15, 0.2) is 0 Å². The molecule has 1 spiro atoms. The van der Waals surface area contributed by atoms with Crippen molar-refractivity contribution in [3.63, 3.8) is 0 Å². The molecule has 208 valence electrons. The number of ether oxygens (including phenoxy) is 1. The van der Waals surface area contributed by atoms with Gasteiger partial charge in [-0.05, 0) is 108 Å². The zero-order valence-corrected chi connectivity index (χ0v) is 24.3. The molecule has 4 saturated carbocycles. The van der Waals surface area contributed by atoms with Crippen LogP contribution in [0.1, 0.15) is 61.9 Å². The maximum absolute atomic E-state index is 13.2. The molecule has 40 heavy (non-hydrogen) atoms. The Morgan fingerprint density at radius 3 is 2.35 bits per heavy atom. The van der Waals surface area contributed by atoms with Crippen LogP contribution in [0.2, 0.25) is 5.02 Å². The molecule has 2 bridgehead atoms. The van der Waals surface area contributed by atoms with Crippen LogP contribution in [0.25, 0.3) is 0 Å². The summed E-state index contributed by atoms with van der Waals surface area (Å²) in [6, 6.07) is 15.4. The van der Waals surface area contributed by atoms with Gasteiger partial charge in [0.25, 0.3) is 10.0 Å². The summed E-state index contributed by atoms with van der Waals surface area (Å²) in [4.78, 5) is 16.3. The summed E-state index contributed by atoms with van der Waals surface area (Å²) in [5.74, 6) is 0.647. The Hall–Kier alpha value is -3.10. The SMILES string of the molecule is COC(=O)c1cccnc1Nc1ccc(S(=O)(=O)Nc2ccc(C34CC5(C)CC6CC(C)(C3)C54C6)cc2Cl)cc1. The number of carbonyl (C=O) groups excluding carboxylic acids is 1. The third-order valence-corrected chi connectivity index (χ3v) is 12.4. The first-order valence-electron chi connectivity index (χ1n) is 13.7. The minimum absolute atomic E-state index is 0.0948. The summed E-state index contributed by atoms with van der Waals surface area (Å²) in [7, 11) is -2.58. The molecule has 2 aromatic carbocycles. The molecule has 2 atom stereocenters. The van der Waals surface area contributed by atoms with Crippen LogP contribution >= 0.6 is 11.6 Å². The monoisotopic (exact) mass is 577 g/mol. The van der Waals surface area contributed by atoms with E-state index in [-0.39, 0.29) is 15.9 Å². The van der Waals surface area contributed by atoms with Crippen LogP contribution in [0.15, 0.2) is 65.7 Å². The lowest BCUT2D eigenvalue weighted by atomic mass is 9.20. The lowest BCUT2D eigenvalue weighted by Gasteiger charge is -2.84. The van der Waals surface area contributed by atoms with Gasteiger partial charge in [-0.2, -0.15) is 0 Å². The van der Waals surface area contributed by atoms with Gasteiger partial charge in [0.1, 0.15) is 11.4 Å². The first-order chi connectivity index (χ1) is 19.0. The number of carbonyl (C=O) groups is 1. The van der Waals surface area contributed by atoms with Gasteiger partial charge < -0.3 is 10.1 Å². The Balaban J connectivity index is 1.09. The van der Waals surface area contributed by atoms with Gasteiger partial charge in [-0.25, -0.2) is 18.2 Å². The first kappa shape index (κ1) is 25.8. The molecule has 7 nitrogen and oxygen atoms in total. The predicted molar refractivity (Wildman–Crippen MR) is 154 cm³/mol. The van der Waals surface area contributed by atoms with E-state index < -0.39 is 16.0 Å². The number of nitrogens with zero attached hydrogens (tertiary/aromatic N) is 1. The summed E-state index contributed by atoms with van der Waals surface area (Å²) in [6.45, 7) is 4.97. The fraction of sp³-hybridized carbons (Fsp3) is 0.419. The number of benzene rings is 2.